The van der Waals surface area contributed by atoms with Gasteiger partial charge < -0.3 is 39.9 Å². The van der Waals surface area contributed by atoms with Crippen LogP contribution in [0.5, 0.6) is 0 Å². The Balaban J connectivity index is 2.39. The molecule has 0 bridgehead atoms. The number of esters is 1. The summed E-state index contributed by atoms with van der Waals surface area (Å²) in [7, 11) is -5.00. The lowest BCUT2D eigenvalue weighted by Gasteiger charge is -2.41. The van der Waals surface area contributed by atoms with Gasteiger partial charge in [0.15, 0.2) is 0 Å². The molecule has 304 valence electrons. The van der Waals surface area contributed by atoms with Crippen molar-refractivity contribution in [1.82, 2.24) is 0 Å². The van der Waals surface area contributed by atoms with Crippen molar-refractivity contribution in [3.05, 3.63) is 36.5 Å². The van der Waals surface area contributed by atoms with E-state index in [1.165, 1.54) is 38.5 Å². The highest BCUT2D eigenvalue weighted by Gasteiger charge is 2.51. The van der Waals surface area contributed by atoms with Crippen molar-refractivity contribution in [2.24, 2.45) is 0 Å². The van der Waals surface area contributed by atoms with Gasteiger partial charge in [0.05, 0.1) is 13.2 Å². The monoisotopic (exact) mass is 762 g/mol. The minimum Gasteiger partial charge on any atom is -0.457 e. The van der Waals surface area contributed by atoms with Crippen molar-refractivity contribution in [3.8, 4) is 0 Å². The molecule has 1 fully saturated rings. The molecule has 6 atom stereocenters. The predicted octanol–water partition coefficient (Wildman–Crippen LogP) is 6.75. The van der Waals surface area contributed by atoms with Crippen LogP contribution in [0, 0.1) is 0 Å². The molecule has 6 N–H and O–H groups in total. The van der Waals surface area contributed by atoms with E-state index in [4.69, 9.17) is 18.5 Å². The number of ether oxygens (including phenoxy) is 2. The maximum Gasteiger partial charge on any atom is 0.472 e. The maximum absolute atomic E-state index is 12.7. The van der Waals surface area contributed by atoms with E-state index < -0.39 is 63.1 Å². The molecule has 52 heavy (non-hydrogen) atoms. The van der Waals surface area contributed by atoms with Crippen LogP contribution in [0.4, 0.5) is 0 Å². The van der Waals surface area contributed by atoms with Crippen LogP contribution in [0.2, 0.25) is 0 Å². The second-order valence-corrected chi connectivity index (χ2v) is 15.2. The molecule has 13 heteroatoms. The van der Waals surface area contributed by atoms with Crippen LogP contribution in [0.3, 0.4) is 0 Å². The normalized spacial score (nSPS) is 24.2. The molecule has 1 saturated carbocycles. The first kappa shape index (κ1) is 48.6. The number of unbranched alkanes of at least 4 members (excludes halogenated alkanes) is 14. The first-order chi connectivity index (χ1) is 25.0. The van der Waals surface area contributed by atoms with Crippen LogP contribution >= 0.6 is 7.82 Å². The second-order valence-electron chi connectivity index (χ2n) is 13.8. The number of hydrogen-bond donors (Lipinski definition) is 6. The average Bonchev–Trinajstić information content (AvgIpc) is 3.12. The third kappa shape index (κ3) is 23.4. The third-order valence-electron chi connectivity index (χ3n) is 9.03. The summed E-state index contributed by atoms with van der Waals surface area (Å²) in [4.78, 5) is 22.9. The summed E-state index contributed by atoms with van der Waals surface area (Å²) in [6, 6.07) is 0. The minimum absolute atomic E-state index is 0.0813. The number of phosphoric ester groups is 1. The molecule has 6 unspecified atom stereocenters. The van der Waals surface area contributed by atoms with E-state index in [0.717, 1.165) is 77.0 Å². The third-order valence-corrected chi connectivity index (χ3v) is 10.0. The fourth-order valence-corrected chi connectivity index (χ4v) is 6.81. The standard InChI is InChI=1S/C39H71O12P/c1-3-5-7-9-11-12-13-14-15-16-17-18-19-20-21-23-25-27-29-48-30-32(50-33(40)28-26-24-22-10-8-6-4-2)31-49-52(46,47)51-39-37(44)35(42)34(41)36(43)38(39)45/h5,7,11-12,14-15,32,34-39,41-45H,3-4,6,8-10,13,16-31H2,1-2H3,(H,46,47)/b7-5-,12-11-,15-14-. The lowest BCUT2D eigenvalue weighted by molar-refractivity contribution is -0.220. The Bertz CT molecular complexity index is 1010. The van der Waals surface area contributed by atoms with Gasteiger partial charge in [-0.25, -0.2) is 4.57 Å². The van der Waals surface area contributed by atoms with Gasteiger partial charge in [-0.15, -0.1) is 0 Å². The Kier molecular flexibility index (Phi) is 28.8. The summed E-state index contributed by atoms with van der Waals surface area (Å²) in [5.41, 5.74) is 0. The lowest BCUT2D eigenvalue weighted by Crippen LogP contribution is -2.64. The largest absolute Gasteiger partial charge is 0.472 e. The maximum atomic E-state index is 12.7. The predicted molar refractivity (Wildman–Crippen MR) is 202 cm³/mol. The van der Waals surface area contributed by atoms with Crippen LogP contribution in [0.1, 0.15) is 142 Å². The van der Waals surface area contributed by atoms with Crippen molar-refractivity contribution in [1.29, 1.82) is 0 Å². The molecule has 0 heterocycles. The molecule has 1 aliphatic rings. The van der Waals surface area contributed by atoms with Gasteiger partial charge in [-0.05, 0) is 44.9 Å². The summed E-state index contributed by atoms with van der Waals surface area (Å²) < 4.78 is 33.9. The number of aliphatic hydroxyl groups excluding tert-OH is 5. The molecular formula is C39H71O12P. The van der Waals surface area contributed by atoms with Crippen molar-refractivity contribution in [2.75, 3.05) is 19.8 Å². The van der Waals surface area contributed by atoms with Gasteiger partial charge in [-0.3, -0.25) is 13.8 Å². The zero-order chi connectivity index (χ0) is 38.5. The quantitative estimate of drug-likeness (QED) is 0.0183. The van der Waals surface area contributed by atoms with E-state index in [1.54, 1.807) is 0 Å². The van der Waals surface area contributed by atoms with E-state index >= 15 is 0 Å². The highest BCUT2D eigenvalue weighted by Crippen LogP contribution is 2.47. The molecule has 1 rings (SSSR count). The van der Waals surface area contributed by atoms with Crippen LogP contribution in [0.15, 0.2) is 36.5 Å². The Hall–Kier alpha value is -1.44. The van der Waals surface area contributed by atoms with E-state index in [0.29, 0.717) is 13.0 Å². The summed E-state index contributed by atoms with van der Waals surface area (Å²) in [6.07, 6.45) is 21.1. The Morgan fingerprint density at radius 1 is 0.635 bits per heavy atom. The number of hydrogen-bond acceptors (Lipinski definition) is 11. The zero-order valence-corrected chi connectivity index (χ0v) is 32.7. The van der Waals surface area contributed by atoms with Gasteiger partial charge in [-0.1, -0.05) is 127 Å². The van der Waals surface area contributed by atoms with Crippen molar-refractivity contribution in [2.45, 2.75) is 185 Å². The molecule has 0 saturated heterocycles. The first-order valence-electron chi connectivity index (χ1n) is 19.8. The number of carbonyl (C=O) groups is 1. The lowest BCUT2D eigenvalue weighted by atomic mass is 9.85. The van der Waals surface area contributed by atoms with E-state index in [2.05, 4.69) is 50.3 Å². The summed E-state index contributed by atoms with van der Waals surface area (Å²) >= 11 is 0. The average molecular weight is 763 g/mol. The Morgan fingerprint density at radius 2 is 1.13 bits per heavy atom. The smallest absolute Gasteiger partial charge is 0.457 e. The molecule has 0 aromatic rings. The first-order valence-corrected chi connectivity index (χ1v) is 21.3. The second kappa shape index (κ2) is 30.8. The van der Waals surface area contributed by atoms with Gasteiger partial charge in [0.25, 0.3) is 0 Å². The Labute approximate surface area is 312 Å². The van der Waals surface area contributed by atoms with Crippen LogP contribution in [-0.2, 0) is 27.9 Å². The van der Waals surface area contributed by atoms with Crippen LogP contribution in [0.25, 0.3) is 0 Å². The molecular weight excluding hydrogens is 691 g/mol. The van der Waals surface area contributed by atoms with Gasteiger partial charge >= 0.3 is 13.8 Å². The highest BCUT2D eigenvalue weighted by atomic mass is 31.2. The summed E-state index contributed by atoms with van der Waals surface area (Å²) in [5.74, 6) is -0.489. The molecule has 0 aromatic heterocycles. The van der Waals surface area contributed by atoms with Gasteiger partial charge in [0.1, 0.15) is 42.7 Å². The Morgan fingerprint density at radius 3 is 1.73 bits per heavy atom. The molecule has 12 nitrogen and oxygen atoms in total. The van der Waals surface area contributed by atoms with Crippen molar-refractivity contribution >= 4 is 13.8 Å². The van der Waals surface area contributed by atoms with Crippen LogP contribution in [-0.4, -0.2) is 98.9 Å². The minimum atomic E-state index is -5.00. The molecule has 0 aromatic carbocycles. The molecule has 0 spiro atoms. The molecule has 0 radical (unpaired) electrons. The van der Waals surface area contributed by atoms with E-state index in [9.17, 15) is 39.8 Å². The van der Waals surface area contributed by atoms with Crippen molar-refractivity contribution < 1.29 is 58.3 Å². The van der Waals surface area contributed by atoms with E-state index in [-0.39, 0.29) is 13.0 Å². The topological polar surface area (TPSA) is 192 Å². The number of aliphatic hydroxyl groups is 5. The fourth-order valence-electron chi connectivity index (χ4n) is 5.84. The highest BCUT2D eigenvalue weighted by molar-refractivity contribution is 7.47. The summed E-state index contributed by atoms with van der Waals surface area (Å²) in [6.45, 7) is 4.05. The zero-order valence-electron chi connectivity index (χ0n) is 31.8. The molecule has 0 aliphatic heterocycles. The van der Waals surface area contributed by atoms with Gasteiger partial charge in [-0.2, -0.15) is 0 Å². The molecule has 1 aliphatic carbocycles. The number of phosphoric acid groups is 1. The number of rotatable bonds is 32. The molecule has 0 amide bonds. The van der Waals surface area contributed by atoms with Gasteiger partial charge in [0.2, 0.25) is 0 Å². The van der Waals surface area contributed by atoms with Crippen LogP contribution < -0.4 is 0 Å². The van der Waals surface area contributed by atoms with Crippen molar-refractivity contribution in [3.63, 3.8) is 0 Å². The number of carbonyl (C=O) groups excluding carboxylic acids is 1. The van der Waals surface area contributed by atoms with E-state index in [1.807, 2.05) is 0 Å². The van der Waals surface area contributed by atoms with Gasteiger partial charge in [0, 0.05) is 13.0 Å². The SMILES string of the molecule is CC/C=C\C/C=C\C/C=C\CCCCCCCCCCOCC(COP(=O)(O)OC1C(O)C(O)C(O)C(O)C1O)OC(=O)CCCCCCCCC. The number of allylic oxidation sites excluding steroid dienone is 6. The summed E-state index contributed by atoms with van der Waals surface area (Å²) in [5, 5.41) is 49.9. The fraction of sp³-hybridized carbons (Fsp3) is 0.821.